The third-order valence-electron chi connectivity index (χ3n) is 7.47. The average molecular weight is 446 g/mol. The zero-order chi connectivity index (χ0) is 22.6. The average Bonchev–Trinajstić information content (AvgIpc) is 3.15. The smallest absolute Gasteiger partial charge is 0.189 e. The first-order valence-corrected chi connectivity index (χ1v) is 12.6. The van der Waals surface area contributed by atoms with E-state index in [2.05, 4.69) is 47.4 Å². The van der Waals surface area contributed by atoms with E-state index in [-0.39, 0.29) is 11.9 Å². The van der Waals surface area contributed by atoms with Crippen LogP contribution in [0.1, 0.15) is 66.4 Å². The van der Waals surface area contributed by atoms with Gasteiger partial charge in [0, 0.05) is 24.1 Å². The molecule has 3 aliphatic rings. The zero-order valence-electron chi connectivity index (χ0n) is 19.7. The van der Waals surface area contributed by atoms with Crippen LogP contribution in [0.3, 0.4) is 0 Å². The number of hydrogen-bond donors (Lipinski definition) is 0. The van der Waals surface area contributed by atoms with Gasteiger partial charge >= 0.3 is 0 Å². The van der Waals surface area contributed by atoms with E-state index >= 15 is 0 Å². The summed E-state index contributed by atoms with van der Waals surface area (Å²) >= 11 is 0. The number of allylic oxidation sites excluding steroid dienone is 2. The Balaban J connectivity index is 1.24. The molecule has 0 N–H and O–H groups in total. The minimum Gasteiger partial charge on any atom is -0.493 e. The molecule has 1 heterocycles. The number of fused-ring (bicyclic) bond motifs is 1. The van der Waals surface area contributed by atoms with Gasteiger partial charge in [0.15, 0.2) is 17.3 Å². The van der Waals surface area contributed by atoms with Crippen molar-refractivity contribution in [1.82, 2.24) is 4.90 Å². The Labute approximate surface area is 197 Å². The molecule has 1 saturated carbocycles. The number of Topliss-reactive ketones (excluding diaryl/α,β-unsaturated/α-hetero) is 1. The number of hydrogen-bond acceptors (Lipinski definition) is 4. The van der Waals surface area contributed by atoms with E-state index in [4.69, 9.17) is 9.47 Å². The van der Waals surface area contributed by atoms with Crippen LogP contribution in [0.15, 0.2) is 54.1 Å². The normalized spacial score (nSPS) is 21.4. The van der Waals surface area contributed by atoms with Crippen LogP contribution in [-0.4, -0.2) is 37.0 Å². The summed E-state index contributed by atoms with van der Waals surface area (Å²) in [6, 6.07) is 14.6. The molecule has 33 heavy (non-hydrogen) atoms. The molecule has 0 spiro atoms. The number of carbonyl (C=O) groups is 1. The minimum atomic E-state index is 0.166. The molecule has 0 bridgehead atoms. The quantitative estimate of drug-likeness (QED) is 0.513. The summed E-state index contributed by atoms with van der Waals surface area (Å²) in [5.41, 5.74) is 4.19. The number of piperidine rings is 1. The molecule has 0 atom stereocenters. The predicted molar refractivity (Wildman–Crippen MR) is 131 cm³/mol. The first-order valence-electron chi connectivity index (χ1n) is 12.6. The van der Waals surface area contributed by atoms with Crippen molar-refractivity contribution in [2.45, 2.75) is 64.0 Å². The molecule has 2 aromatic rings. The highest BCUT2D eigenvalue weighted by Crippen LogP contribution is 2.39. The van der Waals surface area contributed by atoms with Crippen molar-refractivity contribution in [3.63, 3.8) is 0 Å². The fraction of sp³-hybridized carbons (Fsp3) is 0.483. The first-order chi connectivity index (χ1) is 16.2. The molecule has 0 unspecified atom stereocenters. The van der Waals surface area contributed by atoms with Crippen molar-refractivity contribution in [3.8, 4) is 11.5 Å². The molecule has 5 rings (SSSR count). The van der Waals surface area contributed by atoms with Gasteiger partial charge in [-0.25, -0.2) is 0 Å². The SMILES string of the molecule is COc1cc2c(cc1OC1CCCCC1)CC(=CC1CCN(Cc3ccccc3)CC1)C2=O. The van der Waals surface area contributed by atoms with Crippen LogP contribution in [0, 0.1) is 5.92 Å². The summed E-state index contributed by atoms with van der Waals surface area (Å²) in [6.07, 6.45) is 11.4. The van der Waals surface area contributed by atoms with Gasteiger partial charge in [-0.1, -0.05) is 42.8 Å². The van der Waals surface area contributed by atoms with Gasteiger partial charge in [-0.2, -0.15) is 0 Å². The molecular formula is C29H35NO3. The summed E-state index contributed by atoms with van der Waals surface area (Å²) < 4.78 is 11.9. The Bertz CT molecular complexity index is 999. The Morgan fingerprint density at radius 3 is 2.45 bits per heavy atom. The van der Waals surface area contributed by atoms with E-state index in [1.54, 1.807) is 7.11 Å². The standard InChI is InChI=1S/C29H35NO3/c1-32-27-19-26-23(18-28(27)33-25-10-6-3-7-11-25)17-24(29(26)31)16-21-12-14-30(15-13-21)20-22-8-4-2-5-9-22/h2,4-5,8-9,16,18-19,21,25H,3,6-7,10-15,17,20H2,1H3. The van der Waals surface area contributed by atoms with Crippen LogP contribution in [-0.2, 0) is 13.0 Å². The lowest BCUT2D eigenvalue weighted by molar-refractivity contribution is 0.103. The molecule has 1 aliphatic heterocycles. The number of rotatable bonds is 6. The lowest BCUT2D eigenvalue weighted by Gasteiger charge is -2.30. The lowest BCUT2D eigenvalue weighted by atomic mass is 9.93. The van der Waals surface area contributed by atoms with Gasteiger partial charge in [0.2, 0.25) is 0 Å². The summed E-state index contributed by atoms with van der Waals surface area (Å²) in [4.78, 5) is 15.7. The Kier molecular flexibility index (Phi) is 6.82. The van der Waals surface area contributed by atoms with Crippen molar-refractivity contribution in [2.24, 2.45) is 5.92 Å². The van der Waals surface area contributed by atoms with Crippen molar-refractivity contribution in [3.05, 3.63) is 70.8 Å². The van der Waals surface area contributed by atoms with E-state index in [1.807, 2.05) is 6.07 Å². The minimum absolute atomic E-state index is 0.166. The number of ether oxygens (including phenoxy) is 2. The molecule has 4 heteroatoms. The highest BCUT2D eigenvalue weighted by molar-refractivity contribution is 6.13. The number of carbonyl (C=O) groups excluding carboxylic acids is 1. The monoisotopic (exact) mass is 445 g/mol. The highest BCUT2D eigenvalue weighted by Gasteiger charge is 2.29. The largest absolute Gasteiger partial charge is 0.493 e. The summed E-state index contributed by atoms with van der Waals surface area (Å²) in [5.74, 6) is 2.12. The van der Waals surface area contributed by atoms with Gasteiger partial charge < -0.3 is 9.47 Å². The second-order valence-electron chi connectivity index (χ2n) is 9.84. The second kappa shape index (κ2) is 10.1. The third-order valence-corrected chi connectivity index (χ3v) is 7.47. The van der Waals surface area contributed by atoms with E-state index in [0.717, 1.165) is 67.8 Å². The Hall–Kier alpha value is -2.59. The van der Waals surface area contributed by atoms with E-state index in [0.29, 0.717) is 18.1 Å². The van der Waals surface area contributed by atoms with Gasteiger partial charge in [0.25, 0.3) is 0 Å². The van der Waals surface area contributed by atoms with Gasteiger partial charge in [0.05, 0.1) is 13.2 Å². The molecule has 2 fully saturated rings. The Morgan fingerprint density at radius 2 is 1.73 bits per heavy atom. The fourth-order valence-corrected chi connectivity index (χ4v) is 5.57. The molecule has 2 aromatic carbocycles. The summed E-state index contributed by atoms with van der Waals surface area (Å²) in [5, 5.41) is 0. The number of nitrogens with zero attached hydrogens (tertiary/aromatic N) is 1. The molecule has 2 aliphatic carbocycles. The summed E-state index contributed by atoms with van der Waals surface area (Å²) in [6.45, 7) is 3.17. The molecule has 174 valence electrons. The second-order valence-corrected chi connectivity index (χ2v) is 9.84. The molecule has 0 radical (unpaired) electrons. The van der Waals surface area contributed by atoms with Crippen molar-refractivity contribution in [1.29, 1.82) is 0 Å². The maximum Gasteiger partial charge on any atom is 0.189 e. The van der Waals surface area contributed by atoms with Gasteiger partial charge in [-0.05, 0) is 80.8 Å². The van der Waals surface area contributed by atoms with Gasteiger partial charge in [-0.3, -0.25) is 9.69 Å². The van der Waals surface area contributed by atoms with Crippen molar-refractivity contribution < 1.29 is 14.3 Å². The summed E-state index contributed by atoms with van der Waals surface area (Å²) in [7, 11) is 1.66. The van der Waals surface area contributed by atoms with E-state index in [9.17, 15) is 4.79 Å². The molecule has 0 aromatic heterocycles. The fourth-order valence-electron chi connectivity index (χ4n) is 5.57. The predicted octanol–water partition coefficient (Wildman–Crippen LogP) is 5.98. The topological polar surface area (TPSA) is 38.8 Å². The molecule has 1 saturated heterocycles. The number of benzene rings is 2. The van der Waals surface area contributed by atoms with Crippen molar-refractivity contribution in [2.75, 3.05) is 20.2 Å². The van der Waals surface area contributed by atoms with Crippen LogP contribution in [0.25, 0.3) is 0 Å². The highest BCUT2D eigenvalue weighted by atomic mass is 16.5. The molecule has 4 nitrogen and oxygen atoms in total. The first kappa shape index (κ1) is 22.2. The van der Waals surface area contributed by atoms with Crippen LogP contribution < -0.4 is 9.47 Å². The third kappa shape index (κ3) is 5.16. The number of likely N-dealkylation sites (tertiary alicyclic amines) is 1. The van der Waals surface area contributed by atoms with Crippen LogP contribution in [0.2, 0.25) is 0 Å². The van der Waals surface area contributed by atoms with Crippen LogP contribution in [0.4, 0.5) is 0 Å². The Morgan fingerprint density at radius 1 is 0.970 bits per heavy atom. The maximum atomic E-state index is 13.2. The van der Waals surface area contributed by atoms with E-state index in [1.165, 1.54) is 24.8 Å². The van der Waals surface area contributed by atoms with Gasteiger partial charge in [0.1, 0.15) is 0 Å². The number of ketones is 1. The maximum absolute atomic E-state index is 13.2. The van der Waals surface area contributed by atoms with Gasteiger partial charge in [-0.15, -0.1) is 0 Å². The van der Waals surface area contributed by atoms with Crippen LogP contribution in [0.5, 0.6) is 11.5 Å². The molecular weight excluding hydrogens is 410 g/mol. The van der Waals surface area contributed by atoms with Crippen LogP contribution >= 0.6 is 0 Å². The number of methoxy groups -OCH3 is 1. The van der Waals surface area contributed by atoms with Crippen molar-refractivity contribution >= 4 is 5.78 Å². The zero-order valence-corrected chi connectivity index (χ0v) is 19.7. The van der Waals surface area contributed by atoms with E-state index < -0.39 is 0 Å². The lowest BCUT2D eigenvalue weighted by Crippen LogP contribution is -2.32. The molecule has 0 amide bonds.